The van der Waals surface area contributed by atoms with Crippen LogP contribution < -0.4 is 16.2 Å². The number of hydrazine groups is 1. The van der Waals surface area contributed by atoms with Crippen molar-refractivity contribution in [3.63, 3.8) is 0 Å². The largest absolute Gasteiger partial charge is 0.298 e. The third-order valence-electron chi connectivity index (χ3n) is 4.07. The van der Waals surface area contributed by atoms with Crippen LogP contribution in [-0.4, -0.2) is 21.9 Å². The van der Waals surface area contributed by atoms with Gasteiger partial charge in [0.2, 0.25) is 5.91 Å². The lowest BCUT2D eigenvalue weighted by atomic mass is 9.87. The summed E-state index contributed by atoms with van der Waals surface area (Å²) in [5.74, 6) is -0.914. The molecule has 0 aromatic heterocycles. The summed E-state index contributed by atoms with van der Waals surface area (Å²) in [7, 11) is 0. The number of nitro benzene ring substituents is 1. The minimum atomic E-state index is -0.519. The molecule has 2 rings (SSSR count). The van der Waals surface area contributed by atoms with Gasteiger partial charge in [0.25, 0.3) is 11.6 Å². The average Bonchev–Trinajstić information content (AvgIpc) is 2.70. The number of carbonyl (C=O) groups is 2. The van der Waals surface area contributed by atoms with Crippen LogP contribution in [0.4, 0.5) is 5.69 Å². The Kier molecular flexibility index (Phi) is 7.38. The van der Waals surface area contributed by atoms with Crippen LogP contribution in [0.3, 0.4) is 0 Å². The van der Waals surface area contributed by atoms with Gasteiger partial charge in [0, 0.05) is 23.8 Å². The first-order chi connectivity index (χ1) is 14.1. The molecule has 0 aliphatic rings. The predicted octanol–water partition coefficient (Wildman–Crippen LogP) is 3.24. The number of rotatable bonds is 4. The maximum absolute atomic E-state index is 12.2. The molecule has 9 heteroatoms. The summed E-state index contributed by atoms with van der Waals surface area (Å²) in [6, 6.07) is 12.9. The Morgan fingerprint density at radius 2 is 1.60 bits per heavy atom. The minimum Gasteiger partial charge on any atom is -0.298 e. The Balaban J connectivity index is 1.82. The number of hydrogen-bond donors (Lipinski definition) is 3. The number of amides is 2. The lowest BCUT2D eigenvalue weighted by Gasteiger charge is -2.19. The molecule has 156 valence electrons. The van der Waals surface area contributed by atoms with Gasteiger partial charge in [0.05, 0.1) is 4.92 Å². The first kappa shape index (κ1) is 22.7. The number of nitrogens with one attached hydrogen (secondary N) is 3. The Morgan fingerprint density at radius 1 is 1.00 bits per heavy atom. The smallest absolute Gasteiger partial charge is 0.269 e. The maximum Gasteiger partial charge on any atom is 0.269 e. The summed E-state index contributed by atoms with van der Waals surface area (Å²) >= 11 is 4.98. The molecule has 30 heavy (non-hydrogen) atoms. The molecular formula is C21H22N4O4S. The van der Waals surface area contributed by atoms with Gasteiger partial charge < -0.3 is 0 Å². The molecule has 3 N–H and O–H groups in total. The first-order valence-electron chi connectivity index (χ1n) is 9.00. The molecule has 0 spiro atoms. The first-order valence-corrected chi connectivity index (χ1v) is 9.41. The molecule has 0 aliphatic carbocycles. The van der Waals surface area contributed by atoms with E-state index in [-0.39, 0.29) is 16.2 Å². The summed E-state index contributed by atoms with van der Waals surface area (Å²) in [4.78, 5) is 34.2. The van der Waals surface area contributed by atoms with Crippen LogP contribution in [0.25, 0.3) is 6.08 Å². The van der Waals surface area contributed by atoms with E-state index in [4.69, 9.17) is 12.2 Å². The third-order valence-corrected chi connectivity index (χ3v) is 4.27. The molecule has 0 unspecified atom stereocenters. The fourth-order valence-corrected chi connectivity index (χ4v) is 2.52. The number of non-ortho nitro benzene ring substituents is 1. The van der Waals surface area contributed by atoms with E-state index in [1.165, 1.54) is 36.4 Å². The van der Waals surface area contributed by atoms with Gasteiger partial charge in [-0.25, -0.2) is 0 Å². The van der Waals surface area contributed by atoms with Gasteiger partial charge >= 0.3 is 0 Å². The molecule has 2 amide bonds. The Bertz CT molecular complexity index is 978. The molecular weight excluding hydrogens is 404 g/mol. The molecule has 0 saturated carbocycles. The SMILES string of the molecule is CC(C)(C)c1ccc(C(=O)NNC(=S)NC(=O)/C=C/c2ccc([N+](=O)[O-])cc2)cc1. The quantitative estimate of drug-likeness (QED) is 0.299. The van der Waals surface area contributed by atoms with Gasteiger partial charge in [-0.3, -0.25) is 35.9 Å². The summed E-state index contributed by atoms with van der Waals surface area (Å²) in [5, 5.41) is 12.9. The number of carbonyl (C=O) groups excluding carboxylic acids is 2. The van der Waals surface area contributed by atoms with E-state index in [0.29, 0.717) is 11.1 Å². The van der Waals surface area contributed by atoms with E-state index < -0.39 is 16.7 Å². The molecule has 2 aromatic carbocycles. The van der Waals surface area contributed by atoms with Gasteiger partial charge in [-0.2, -0.15) is 0 Å². The molecule has 0 heterocycles. The van der Waals surface area contributed by atoms with Crippen LogP contribution in [0.2, 0.25) is 0 Å². The zero-order valence-corrected chi connectivity index (χ0v) is 17.6. The Morgan fingerprint density at radius 3 is 2.13 bits per heavy atom. The fourth-order valence-electron chi connectivity index (χ4n) is 2.37. The number of benzene rings is 2. The van der Waals surface area contributed by atoms with E-state index in [2.05, 4.69) is 36.9 Å². The summed E-state index contributed by atoms with van der Waals surface area (Å²) in [5.41, 5.74) is 7.00. The van der Waals surface area contributed by atoms with Gasteiger partial charge in [-0.15, -0.1) is 0 Å². The second kappa shape index (κ2) is 9.75. The van der Waals surface area contributed by atoms with Crippen molar-refractivity contribution in [3.8, 4) is 0 Å². The van der Waals surface area contributed by atoms with Crippen molar-refractivity contribution in [3.05, 3.63) is 81.4 Å². The van der Waals surface area contributed by atoms with Crippen molar-refractivity contribution in [2.24, 2.45) is 0 Å². The second-order valence-corrected chi connectivity index (χ2v) is 7.82. The molecule has 2 aromatic rings. The minimum absolute atomic E-state index is 0.0128. The highest BCUT2D eigenvalue weighted by molar-refractivity contribution is 7.80. The average molecular weight is 426 g/mol. The zero-order chi connectivity index (χ0) is 22.3. The standard InChI is InChI=1S/C21H22N4O4S/c1-21(2,3)16-9-7-15(8-10-16)19(27)23-24-20(30)22-18(26)13-6-14-4-11-17(12-5-14)25(28)29/h4-13H,1-3H3,(H,23,27)(H2,22,24,26,30)/b13-6+. The monoisotopic (exact) mass is 426 g/mol. The highest BCUT2D eigenvalue weighted by Gasteiger charge is 2.14. The zero-order valence-electron chi connectivity index (χ0n) is 16.8. The van der Waals surface area contributed by atoms with E-state index in [1.807, 2.05) is 12.1 Å². The van der Waals surface area contributed by atoms with Crippen LogP contribution in [0, 0.1) is 10.1 Å². The van der Waals surface area contributed by atoms with E-state index in [1.54, 1.807) is 12.1 Å². The highest BCUT2D eigenvalue weighted by atomic mass is 32.1. The molecule has 8 nitrogen and oxygen atoms in total. The summed E-state index contributed by atoms with van der Waals surface area (Å²) in [6.07, 6.45) is 2.71. The van der Waals surface area contributed by atoms with Crippen LogP contribution in [0.5, 0.6) is 0 Å². The molecule has 0 aliphatic heterocycles. The highest BCUT2D eigenvalue weighted by Crippen LogP contribution is 2.22. The van der Waals surface area contributed by atoms with Crippen molar-refractivity contribution >= 4 is 40.9 Å². The maximum atomic E-state index is 12.2. The van der Waals surface area contributed by atoms with E-state index >= 15 is 0 Å². The van der Waals surface area contributed by atoms with Crippen molar-refractivity contribution in [2.75, 3.05) is 0 Å². The summed E-state index contributed by atoms with van der Waals surface area (Å²) < 4.78 is 0. The van der Waals surface area contributed by atoms with Crippen molar-refractivity contribution in [1.82, 2.24) is 16.2 Å². The molecule has 0 atom stereocenters. The summed E-state index contributed by atoms with van der Waals surface area (Å²) in [6.45, 7) is 6.25. The molecule has 0 saturated heterocycles. The number of nitro groups is 1. The van der Waals surface area contributed by atoms with Gasteiger partial charge in [0.1, 0.15) is 0 Å². The number of thiocarbonyl (C=S) groups is 1. The van der Waals surface area contributed by atoms with Crippen molar-refractivity contribution < 1.29 is 14.5 Å². The van der Waals surface area contributed by atoms with Gasteiger partial charge in [0.15, 0.2) is 5.11 Å². The van der Waals surface area contributed by atoms with Crippen molar-refractivity contribution in [2.45, 2.75) is 26.2 Å². The van der Waals surface area contributed by atoms with E-state index in [9.17, 15) is 19.7 Å². The third kappa shape index (κ3) is 6.78. The Labute approximate surface area is 179 Å². The van der Waals surface area contributed by atoms with Gasteiger partial charge in [-0.1, -0.05) is 32.9 Å². The lowest BCUT2D eigenvalue weighted by molar-refractivity contribution is -0.384. The second-order valence-electron chi connectivity index (χ2n) is 7.41. The van der Waals surface area contributed by atoms with Crippen LogP contribution >= 0.6 is 12.2 Å². The van der Waals surface area contributed by atoms with Crippen molar-refractivity contribution in [1.29, 1.82) is 0 Å². The Hall–Kier alpha value is -3.59. The van der Waals surface area contributed by atoms with Crippen LogP contribution in [0.15, 0.2) is 54.6 Å². The number of hydrogen-bond acceptors (Lipinski definition) is 5. The topological polar surface area (TPSA) is 113 Å². The fraction of sp³-hybridized carbons (Fsp3) is 0.190. The lowest BCUT2D eigenvalue weighted by Crippen LogP contribution is -2.48. The molecule has 0 fully saturated rings. The van der Waals surface area contributed by atoms with Crippen LogP contribution in [-0.2, 0) is 10.2 Å². The van der Waals surface area contributed by atoms with Crippen LogP contribution in [0.1, 0.15) is 42.3 Å². The predicted molar refractivity (Wildman–Crippen MR) is 119 cm³/mol. The number of nitrogens with zero attached hydrogens (tertiary/aromatic N) is 1. The molecule has 0 bridgehead atoms. The van der Waals surface area contributed by atoms with Gasteiger partial charge in [-0.05, 0) is 59.1 Å². The molecule has 0 radical (unpaired) electrons. The normalized spacial score (nSPS) is 11.0. The van der Waals surface area contributed by atoms with E-state index in [0.717, 1.165) is 5.56 Å².